The van der Waals surface area contributed by atoms with E-state index in [1.54, 1.807) is 30.3 Å². The van der Waals surface area contributed by atoms with Crippen LogP contribution in [0.3, 0.4) is 0 Å². The van der Waals surface area contributed by atoms with E-state index in [0.29, 0.717) is 5.39 Å². The fraction of sp³-hybridized carbons (Fsp3) is 0.0556. The van der Waals surface area contributed by atoms with Gasteiger partial charge in [-0.3, -0.25) is 4.79 Å². The zero-order chi connectivity index (χ0) is 16.3. The molecule has 0 aliphatic heterocycles. The lowest BCUT2D eigenvalue weighted by Crippen LogP contribution is -2.31. The largest absolute Gasteiger partial charge is 0.274 e. The maximum atomic E-state index is 12.5. The second kappa shape index (κ2) is 6.22. The van der Waals surface area contributed by atoms with Gasteiger partial charge in [0.2, 0.25) is 5.91 Å². The monoisotopic (exact) mass is 325 g/mol. The van der Waals surface area contributed by atoms with Crippen LogP contribution in [-0.4, -0.2) is 14.3 Å². The lowest BCUT2D eigenvalue weighted by atomic mass is 10.1. The Hall–Kier alpha value is -2.66. The molecule has 0 fully saturated rings. The molecule has 0 spiro atoms. The van der Waals surface area contributed by atoms with Crippen molar-refractivity contribution in [3.05, 3.63) is 78.4 Å². The number of rotatable bonds is 4. The minimum absolute atomic E-state index is 0.0187. The van der Waals surface area contributed by atoms with Gasteiger partial charge in [-0.25, -0.2) is 13.1 Å². The fourth-order valence-electron chi connectivity index (χ4n) is 2.45. The summed E-state index contributed by atoms with van der Waals surface area (Å²) in [4.78, 5) is 12.2. The van der Waals surface area contributed by atoms with Gasteiger partial charge in [-0.15, -0.1) is 0 Å². The Bertz CT molecular complexity index is 945. The van der Waals surface area contributed by atoms with E-state index in [2.05, 4.69) is 4.72 Å². The highest BCUT2D eigenvalue weighted by atomic mass is 32.2. The molecule has 3 aromatic carbocycles. The number of carbonyl (C=O) groups excluding carboxylic acids is 1. The van der Waals surface area contributed by atoms with Gasteiger partial charge in [-0.2, -0.15) is 0 Å². The van der Waals surface area contributed by atoms with Gasteiger partial charge in [0.15, 0.2) is 0 Å². The van der Waals surface area contributed by atoms with Gasteiger partial charge >= 0.3 is 0 Å². The quantitative estimate of drug-likeness (QED) is 0.802. The number of benzene rings is 3. The van der Waals surface area contributed by atoms with Gasteiger partial charge in [0, 0.05) is 5.39 Å². The third-order valence-corrected chi connectivity index (χ3v) is 4.93. The molecule has 0 aliphatic rings. The number of hydrogen-bond donors (Lipinski definition) is 1. The van der Waals surface area contributed by atoms with Crippen molar-refractivity contribution in [3.63, 3.8) is 0 Å². The molecule has 3 rings (SSSR count). The average molecular weight is 325 g/mol. The van der Waals surface area contributed by atoms with Crippen LogP contribution in [-0.2, 0) is 21.2 Å². The molecule has 0 heterocycles. The Morgan fingerprint density at radius 3 is 2.26 bits per heavy atom. The first-order valence-electron chi connectivity index (χ1n) is 7.13. The van der Waals surface area contributed by atoms with E-state index in [9.17, 15) is 13.2 Å². The standard InChI is InChI=1S/C18H15NO3S/c20-18(13-14-7-2-1-3-8-14)19-23(21,22)17-12-6-10-15-9-4-5-11-16(15)17/h1-12H,13H2,(H,19,20). The smallest absolute Gasteiger partial charge is 0.264 e. The fourth-order valence-corrected chi connectivity index (χ4v) is 3.67. The van der Waals surface area contributed by atoms with Crippen LogP contribution in [0.5, 0.6) is 0 Å². The van der Waals surface area contributed by atoms with E-state index in [0.717, 1.165) is 10.9 Å². The molecule has 0 bridgehead atoms. The molecule has 0 atom stereocenters. The van der Waals surface area contributed by atoms with Crippen LogP contribution in [0.2, 0.25) is 0 Å². The van der Waals surface area contributed by atoms with E-state index < -0.39 is 15.9 Å². The molecule has 23 heavy (non-hydrogen) atoms. The number of hydrogen-bond acceptors (Lipinski definition) is 3. The predicted molar refractivity (Wildman–Crippen MR) is 89.4 cm³/mol. The number of fused-ring (bicyclic) bond motifs is 1. The maximum absolute atomic E-state index is 12.5. The number of nitrogens with one attached hydrogen (secondary N) is 1. The molecule has 0 unspecified atom stereocenters. The molecule has 0 saturated heterocycles. The van der Waals surface area contributed by atoms with Crippen molar-refractivity contribution in [1.29, 1.82) is 0 Å². The van der Waals surface area contributed by atoms with Crippen LogP contribution in [0.25, 0.3) is 10.8 Å². The molecule has 1 amide bonds. The summed E-state index contributed by atoms with van der Waals surface area (Å²) in [6.07, 6.45) is 0.0187. The Kier molecular flexibility index (Phi) is 4.12. The molecular formula is C18H15NO3S. The maximum Gasteiger partial charge on any atom is 0.264 e. The average Bonchev–Trinajstić information content (AvgIpc) is 2.54. The normalized spacial score (nSPS) is 11.3. The molecule has 116 valence electrons. The lowest BCUT2D eigenvalue weighted by Gasteiger charge is -2.09. The predicted octanol–water partition coefficient (Wildman–Crippen LogP) is 2.89. The topological polar surface area (TPSA) is 63.2 Å². The van der Waals surface area contributed by atoms with E-state index >= 15 is 0 Å². The minimum Gasteiger partial charge on any atom is -0.274 e. The van der Waals surface area contributed by atoms with Gasteiger partial charge in [0.25, 0.3) is 10.0 Å². The summed E-state index contributed by atoms with van der Waals surface area (Å²) in [6.45, 7) is 0. The van der Waals surface area contributed by atoms with E-state index in [1.807, 2.05) is 36.4 Å². The van der Waals surface area contributed by atoms with Crippen LogP contribution in [0.4, 0.5) is 0 Å². The Balaban J connectivity index is 1.88. The van der Waals surface area contributed by atoms with Crippen molar-refractivity contribution in [2.45, 2.75) is 11.3 Å². The first-order valence-corrected chi connectivity index (χ1v) is 8.62. The molecule has 4 nitrogen and oxygen atoms in total. The van der Waals surface area contributed by atoms with Crippen LogP contribution in [0.1, 0.15) is 5.56 Å². The van der Waals surface area contributed by atoms with Crippen LogP contribution in [0.15, 0.2) is 77.7 Å². The lowest BCUT2D eigenvalue weighted by molar-refractivity contribution is -0.118. The molecule has 0 saturated carbocycles. The van der Waals surface area contributed by atoms with Crippen molar-refractivity contribution >= 4 is 26.7 Å². The first-order chi connectivity index (χ1) is 11.1. The number of sulfonamides is 1. The van der Waals surface area contributed by atoms with E-state index in [-0.39, 0.29) is 11.3 Å². The Morgan fingerprint density at radius 2 is 1.48 bits per heavy atom. The van der Waals surface area contributed by atoms with Gasteiger partial charge in [0.05, 0.1) is 11.3 Å². The highest BCUT2D eigenvalue weighted by Gasteiger charge is 2.20. The summed E-state index contributed by atoms with van der Waals surface area (Å²) in [5.41, 5.74) is 0.762. The summed E-state index contributed by atoms with van der Waals surface area (Å²) < 4.78 is 27.2. The summed E-state index contributed by atoms with van der Waals surface area (Å²) in [6, 6.07) is 21.2. The summed E-state index contributed by atoms with van der Waals surface area (Å²) in [7, 11) is -3.91. The highest BCUT2D eigenvalue weighted by molar-refractivity contribution is 7.90. The molecule has 0 aromatic heterocycles. The van der Waals surface area contributed by atoms with Crippen molar-refractivity contribution in [2.24, 2.45) is 0 Å². The van der Waals surface area contributed by atoms with Gasteiger partial charge in [-0.05, 0) is 17.0 Å². The second-order valence-electron chi connectivity index (χ2n) is 5.17. The molecule has 1 N–H and O–H groups in total. The van der Waals surface area contributed by atoms with Crippen molar-refractivity contribution in [2.75, 3.05) is 0 Å². The zero-order valence-electron chi connectivity index (χ0n) is 12.3. The highest BCUT2D eigenvalue weighted by Crippen LogP contribution is 2.22. The van der Waals surface area contributed by atoms with Crippen molar-refractivity contribution in [1.82, 2.24) is 4.72 Å². The summed E-state index contributed by atoms with van der Waals surface area (Å²) in [5, 5.41) is 1.40. The SMILES string of the molecule is O=C(Cc1ccccc1)NS(=O)(=O)c1cccc2ccccc12. The third-order valence-electron chi connectivity index (χ3n) is 3.49. The zero-order valence-corrected chi connectivity index (χ0v) is 13.1. The van der Waals surface area contributed by atoms with E-state index in [4.69, 9.17) is 0 Å². The van der Waals surface area contributed by atoms with Crippen molar-refractivity contribution < 1.29 is 13.2 Å². The van der Waals surface area contributed by atoms with Gasteiger partial charge in [0.1, 0.15) is 0 Å². The molecule has 0 radical (unpaired) electrons. The third kappa shape index (κ3) is 3.40. The summed E-state index contributed by atoms with van der Waals surface area (Å²) in [5.74, 6) is -0.552. The Morgan fingerprint density at radius 1 is 0.826 bits per heavy atom. The van der Waals surface area contributed by atoms with Crippen LogP contribution in [0, 0.1) is 0 Å². The Labute approximate surface area is 134 Å². The van der Waals surface area contributed by atoms with Gasteiger partial charge in [-0.1, -0.05) is 66.7 Å². The molecule has 3 aromatic rings. The first kappa shape index (κ1) is 15.2. The molecular weight excluding hydrogens is 310 g/mol. The summed E-state index contributed by atoms with van der Waals surface area (Å²) >= 11 is 0. The van der Waals surface area contributed by atoms with Gasteiger partial charge < -0.3 is 0 Å². The van der Waals surface area contributed by atoms with E-state index in [1.165, 1.54) is 6.07 Å². The number of carbonyl (C=O) groups is 1. The minimum atomic E-state index is -3.91. The van der Waals surface area contributed by atoms with Crippen LogP contribution < -0.4 is 4.72 Å². The molecule has 5 heteroatoms. The number of amides is 1. The van der Waals surface area contributed by atoms with Crippen LogP contribution >= 0.6 is 0 Å². The van der Waals surface area contributed by atoms with Crippen molar-refractivity contribution in [3.8, 4) is 0 Å². The molecule has 0 aliphatic carbocycles. The second-order valence-corrected chi connectivity index (χ2v) is 6.82.